The molecule has 0 unspecified atom stereocenters. The molecule has 2 rings (SSSR count). The third-order valence-corrected chi connectivity index (χ3v) is 2.47. The van der Waals surface area contributed by atoms with Crippen LogP contribution in [0.15, 0.2) is 48.5 Å². The van der Waals surface area contributed by atoms with Crippen molar-refractivity contribution < 1.29 is 30.0 Å². The summed E-state index contributed by atoms with van der Waals surface area (Å²) in [6, 6.07) is 12.2. The smallest absolute Gasteiger partial charge is 0.339 e. The molecule has 0 amide bonds. The van der Waals surface area contributed by atoms with E-state index in [0.717, 1.165) is 0 Å². The fourth-order valence-corrected chi connectivity index (χ4v) is 1.48. The van der Waals surface area contributed by atoms with Crippen LogP contribution in [0, 0.1) is 0 Å². The van der Waals surface area contributed by atoms with Crippen LogP contribution in [0.4, 0.5) is 0 Å². The molecule has 0 saturated heterocycles. The van der Waals surface area contributed by atoms with E-state index in [1.807, 2.05) is 0 Å². The van der Waals surface area contributed by atoms with Crippen molar-refractivity contribution in [2.24, 2.45) is 0 Å². The first-order chi connectivity index (χ1) is 9.91. The lowest BCUT2D eigenvalue weighted by Gasteiger charge is -1.98. The number of phenolic OH excluding ortho intramolecular Hbond substituents is 1. The van der Waals surface area contributed by atoms with Gasteiger partial charge in [0, 0.05) is 5.56 Å². The summed E-state index contributed by atoms with van der Waals surface area (Å²) in [7, 11) is 0. The van der Waals surface area contributed by atoms with Crippen LogP contribution in [0.3, 0.4) is 0 Å². The van der Waals surface area contributed by atoms with Crippen LogP contribution in [-0.2, 0) is 11.2 Å². The molecule has 2 aromatic rings. The van der Waals surface area contributed by atoms with Crippen LogP contribution < -0.4 is 0 Å². The van der Waals surface area contributed by atoms with Crippen molar-refractivity contribution in [1.82, 2.24) is 0 Å². The van der Waals surface area contributed by atoms with Crippen molar-refractivity contribution in [2.45, 2.75) is 6.42 Å². The highest BCUT2D eigenvalue weighted by Gasteiger charge is 2.05. The fraction of sp³-hybridized carbons (Fsp3) is 0.0667. The number of rotatable bonds is 3. The first-order valence-electron chi connectivity index (χ1n) is 5.91. The van der Waals surface area contributed by atoms with Gasteiger partial charge in [-0.25, -0.2) is 4.79 Å². The number of para-hydroxylation sites is 2. The minimum atomic E-state index is -1.11. The first kappa shape index (κ1) is 16.0. The molecule has 0 saturated carbocycles. The molecule has 0 aliphatic carbocycles. The summed E-state index contributed by atoms with van der Waals surface area (Å²) in [4.78, 5) is 20.5. The highest BCUT2D eigenvalue weighted by atomic mass is 16.4. The molecule has 110 valence electrons. The van der Waals surface area contributed by atoms with E-state index in [1.165, 1.54) is 18.2 Å². The second-order valence-corrected chi connectivity index (χ2v) is 4.02. The van der Waals surface area contributed by atoms with E-state index in [0.29, 0.717) is 5.56 Å². The van der Waals surface area contributed by atoms with Gasteiger partial charge in [0.1, 0.15) is 17.1 Å². The van der Waals surface area contributed by atoms with E-state index in [1.54, 1.807) is 30.3 Å². The molecule has 0 aromatic heterocycles. The molecular formula is C15H14O6. The third kappa shape index (κ3) is 5.23. The van der Waals surface area contributed by atoms with Gasteiger partial charge in [-0.15, -0.1) is 0 Å². The van der Waals surface area contributed by atoms with Gasteiger partial charge in [0.25, 0.3) is 0 Å². The van der Waals surface area contributed by atoms with Crippen molar-refractivity contribution >= 4 is 11.9 Å². The van der Waals surface area contributed by atoms with Gasteiger partial charge in [-0.1, -0.05) is 30.3 Å². The lowest BCUT2D eigenvalue weighted by Crippen LogP contribution is -1.99. The normalized spacial score (nSPS) is 9.33. The number of aromatic hydroxyl groups is 2. The molecule has 2 aromatic carbocycles. The molecule has 6 nitrogen and oxygen atoms in total. The molecule has 0 aliphatic heterocycles. The molecular weight excluding hydrogens is 276 g/mol. The maximum atomic E-state index is 10.3. The highest BCUT2D eigenvalue weighted by Crippen LogP contribution is 2.15. The van der Waals surface area contributed by atoms with Gasteiger partial charge < -0.3 is 20.4 Å². The Kier molecular flexibility index (Phi) is 5.76. The molecule has 0 radical (unpaired) electrons. The van der Waals surface area contributed by atoms with E-state index in [4.69, 9.17) is 20.4 Å². The lowest BCUT2D eigenvalue weighted by molar-refractivity contribution is -0.136. The Morgan fingerprint density at radius 2 is 1.33 bits per heavy atom. The van der Waals surface area contributed by atoms with E-state index < -0.39 is 11.9 Å². The Hall–Kier alpha value is -3.02. The van der Waals surface area contributed by atoms with Crippen LogP contribution in [0.1, 0.15) is 15.9 Å². The Balaban J connectivity index is 0.000000211. The third-order valence-electron chi connectivity index (χ3n) is 2.47. The lowest BCUT2D eigenvalue weighted by atomic mass is 10.1. The van der Waals surface area contributed by atoms with Gasteiger partial charge in [-0.2, -0.15) is 0 Å². The second-order valence-electron chi connectivity index (χ2n) is 4.02. The van der Waals surface area contributed by atoms with Crippen molar-refractivity contribution in [3.8, 4) is 11.5 Å². The molecule has 0 atom stereocenters. The highest BCUT2D eigenvalue weighted by molar-refractivity contribution is 5.90. The topological polar surface area (TPSA) is 115 Å². The van der Waals surface area contributed by atoms with Gasteiger partial charge in [-0.3, -0.25) is 4.79 Å². The number of hydrogen-bond acceptors (Lipinski definition) is 4. The second kappa shape index (κ2) is 7.54. The molecule has 0 aliphatic rings. The summed E-state index contributed by atoms with van der Waals surface area (Å²) in [5.41, 5.74) is 0.377. The van der Waals surface area contributed by atoms with Crippen LogP contribution in [0.2, 0.25) is 0 Å². The summed E-state index contributed by atoms with van der Waals surface area (Å²) in [6.07, 6.45) is -0.132. The van der Waals surface area contributed by atoms with Crippen LogP contribution in [0.25, 0.3) is 0 Å². The number of aliphatic carboxylic acids is 1. The van der Waals surface area contributed by atoms with Crippen molar-refractivity contribution in [2.75, 3.05) is 0 Å². The zero-order chi connectivity index (χ0) is 15.8. The van der Waals surface area contributed by atoms with E-state index >= 15 is 0 Å². The SMILES string of the molecule is O=C(O)Cc1ccccc1O.O=C(O)c1ccccc1O. The minimum Gasteiger partial charge on any atom is -0.508 e. The zero-order valence-electron chi connectivity index (χ0n) is 10.9. The first-order valence-corrected chi connectivity index (χ1v) is 5.91. The summed E-state index contributed by atoms with van der Waals surface area (Å²) in [5, 5.41) is 34.8. The Bertz CT molecular complexity index is 636. The van der Waals surface area contributed by atoms with Gasteiger partial charge in [0.05, 0.1) is 6.42 Å². The Morgan fingerprint density at radius 3 is 1.76 bits per heavy atom. The average Bonchev–Trinajstić information content (AvgIpc) is 2.42. The molecule has 0 heterocycles. The quantitative estimate of drug-likeness (QED) is 0.688. The van der Waals surface area contributed by atoms with Crippen molar-refractivity contribution in [3.63, 3.8) is 0 Å². The van der Waals surface area contributed by atoms with E-state index in [9.17, 15) is 9.59 Å². The Morgan fingerprint density at radius 1 is 0.810 bits per heavy atom. The van der Waals surface area contributed by atoms with Crippen LogP contribution in [-0.4, -0.2) is 32.4 Å². The largest absolute Gasteiger partial charge is 0.508 e. The van der Waals surface area contributed by atoms with E-state index in [2.05, 4.69) is 0 Å². The number of carboxylic acid groups (broad SMARTS) is 2. The molecule has 0 bridgehead atoms. The minimum absolute atomic E-state index is 0.0369. The van der Waals surface area contributed by atoms with Gasteiger partial charge in [-0.05, 0) is 18.2 Å². The monoisotopic (exact) mass is 290 g/mol. The van der Waals surface area contributed by atoms with Crippen LogP contribution in [0.5, 0.6) is 11.5 Å². The zero-order valence-corrected chi connectivity index (χ0v) is 10.9. The number of carbonyl (C=O) groups is 2. The molecule has 4 N–H and O–H groups in total. The number of hydrogen-bond donors (Lipinski definition) is 4. The number of aromatic carboxylic acids is 1. The predicted molar refractivity (Wildman–Crippen MR) is 74.5 cm³/mol. The summed E-state index contributed by atoms with van der Waals surface area (Å²) < 4.78 is 0. The van der Waals surface area contributed by atoms with Gasteiger partial charge in [0.15, 0.2) is 0 Å². The molecule has 0 spiro atoms. The predicted octanol–water partition coefficient (Wildman–Crippen LogP) is 2.11. The molecule has 6 heteroatoms. The number of carboxylic acids is 2. The summed E-state index contributed by atoms with van der Waals surface area (Å²) in [6.45, 7) is 0. The number of benzene rings is 2. The molecule has 21 heavy (non-hydrogen) atoms. The average molecular weight is 290 g/mol. The van der Waals surface area contributed by atoms with Crippen molar-refractivity contribution in [3.05, 3.63) is 59.7 Å². The number of phenols is 2. The van der Waals surface area contributed by atoms with E-state index in [-0.39, 0.29) is 23.5 Å². The van der Waals surface area contributed by atoms with Crippen molar-refractivity contribution in [1.29, 1.82) is 0 Å². The Labute approximate surface area is 120 Å². The maximum Gasteiger partial charge on any atom is 0.339 e. The maximum absolute atomic E-state index is 10.3. The molecule has 0 fully saturated rings. The van der Waals surface area contributed by atoms with Gasteiger partial charge >= 0.3 is 11.9 Å². The fourth-order valence-electron chi connectivity index (χ4n) is 1.48. The summed E-state index contributed by atoms with van der Waals surface area (Å²) >= 11 is 0. The van der Waals surface area contributed by atoms with Crippen LogP contribution >= 0.6 is 0 Å². The summed E-state index contributed by atoms with van der Waals surface area (Å²) in [5.74, 6) is -2.21. The standard InChI is InChI=1S/C8H8O3.C7H6O3/c9-7-4-2-1-3-6(7)5-8(10)11;8-6-4-2-1-3-5(6)7(9)10/h1-4,9H,5H2,(H,10,11);1-4,8H,(H,9,10). The van der Waals surface area contributed by atoms with Gasteiger partial charge in [0.2, 0.25) is 0 Å².